The summed E-state index contributed by atoms with van der Waals surface area (Å²) in [4.78, 5) is 26.0. The van der Waals surface area contributed by atoms with Gasteiger partial charge in [-0.25, -0.2) is 4.79 Å². The molecule has 2 fully saturated rings. The lowest BCUT2D eigenvalue weighted by molar-refractivity contribution is 0.0963. The van der Waals surface area contributed by atoms with Crippen molar-refractivity contribution in [3.63, 3.8) is 0 Å². The lowest BCUT2D eigenvalue weighted by Crippen LogP contribution is -2.38. The van der Waals surface area contributed by atoms with E-state index in [-0.39, 0.29) is 11.9 Å². The van der Waals surface area contributed by atoms with E-state index in [0.29, 0.717) is 18.0 Å². The maximum atomic E-state index is 12.4. The molecular weight excluding hydrogens is 314 g/mol. The van der Waals surface area contributed by atoms with E-state index in [2.05, 4.69) is 10.6 Å². The summed E-state index contributed by atoms with van der Waals surface area (Å²) in [6.45, 7) is 2.20. The van der Waals surface area contributed by atoms with Gasteiger partial charge in [0, 0.05) is 32.2 Å². The molecule has 1 saturated carbocycles. The molecule has 0 aromatic heterocycles. The van der Waals surface area contributed by atoms with Gasteiger partial charge in [-0.2, -0.15) is 0 Å². The van der Waals surface area contributed by atoms with Gasteiger partial charge in [0.1, 0.15) is 0 Å². The van der Waals surface area contributed by atoms with Gasteiger partial charge in [-0.05, 0) is 42.4 Å². The van der Waals surface area contributed by atoms with Crippen molar-refractivity contribution in [2.75, 3.05) is 20.1 Å². The van der Waals surface area contributed by atoms with Gasteiger partial charge >= 0.3 is 6.03 Å². The molecule has 3 amide bonds. The molecule has 0 spiro atoms. The van der Waals surface area contributed by atoms with Gasteiger partial charge in [0.15, 0.2) is 0 Å². The number of nitrogens with one attached hydrogen (secondary N) is 2. The van der Waals surface area contributed by atoms with Gasteiger partial charge in [0.25, 0.3) is 5.91 Å². The van der Waals surface area contributed by atoms with E-state index in [1.165, 1.54) is 32.1 Å². The van der Waals surface area contributed by atoms with Crippen molar-refractivity contribution < 1.29 is 9.59 Å². The quantitative estimate of drug-likeness (QED) is 0.863. The third-order valence-electron chi connectivity index (χ3n) is 5.57. The van der Waals surface area contributed by atoms with Gasteiger partial charge < -0.3 is 15.5 Å². The molecule has 1 aliphatic carbocycles. The number of carbonyl (C=O) groups is 2. The van der Waals surface area contributed by atoms with Gasteiger partial charge in [-0.15, -0.1) is 0 Å². The first-order valence-corrected chi connectivity index (χ1v) is 9.49. The monoisotopic (exact) mass is 343 g/mol. The first-order chi connectivity index (χ1) is 12.2. The molecule has 1 aromatic rings. The summed E-state index contributed by atoms with van der Waals surface area (Å²) < 4.78 is 0. The van der Waals surface area contributed by atoms with Crippen LogP contribution in [0.2, 0.25) is 0 Å². The van der Waals surface area contributed by atoms with Crippen LogP contribution in [0.3, 0.4) is 0 Å². The van der Waals surface area contributed by atoms with Crippen molar-refractivity contribution in [3.8, 4) is 0 Å². The second kappa shape index (κ2) is 8.37. The highest BCUT2D eigenvalue weighted by molar-refractivity contribution is 5.94. The molecule has 1 saturated heterocycles. The van der Waals surface area contributed by atoms with Crippen LogP contribution in [0.5, 0.6) is 0 Å². The lowest BCUT2D eigenvalue weighted by atomic mass is 9.93. The molecule has 0 radical (unpaired) electrons. The maximum Gasteiger partial charge on any atom is 0.317 e. The number of benzene rings is 1. The van der Waals surface area contributed by atoms with Crippen LogP contribution < -0.4 is 10.6 Å². The fourth-order valence-electron chi connectivity index (χ4n) is 4.18. The Morgan fingerprint density at radius 1 is 1.16 bits per heavy atom. The normalized spacial score (nSPS) is 20.7. The van der Waals surface area contributed by atoms with Crippen molar-refractivity contribution in [2.45, 2.75) is 45.1 Å². The third kappa shape index (κ3) is 4.74. The Balaban J connectivity index is 1.45. The van der Waals surface area contributed by atoms with Crippen LogP contribution in [0, 0.1) is 11.8 Å². The number of hydrogen-bond donors (Lipinski definition) is 2. The second-order valence-corrected chi connectivity index (χ2v) is 7.43. The number of likely N-dealkylation sites (tertiary alicyclic amines) is 1. The molecule has 0 bridgehead atoms. The molecule has 2 N–H and O–H groups in total. The van der Waals surface area contributed by atoms with Crippen molar-refractivity contribution in [2.24, 2.45) is 11.8 Å². The largest absolute Gasteiger partial charge is 0.355 e. The first-order valence-electron chi connectivity index (χ1n) is 9.49. The summed E-state index contributed by atoms with van der Waals surface area (Å²) in [5, 5.41) is 5.61. The number of hydrogen-bond acceptors (Lipinski definition) is 2. The first kappa shape index (κ1) is 17.8. The smallest absolute Gasteiger partial charge is 0.317 e. The summed E-state index contributed by atoms with van der Waals surface area (Å²) in [7, 11) is 1.62. The van der Waals surface area contributed by atoms with E-state index in [1.807, 2.05) is 23.1 Å². The molecule has 25 heavy (non-hydrogen) atoms. The molecule has 2 aliphatic rings. The summed E-state index contributed by atoms with van der Waals surface area (Å²) in [6, 6.07) is 7.39. The Labute approximate surface area is 150 Å². The van der Waals surface area contributed by atoms with E-state index >= 15 is 0 Å². The van der Waals surface area contributed by atoms with Crippen molar-refractivity contribution >= 4 is 11.9 Å². The fourth-order valence-corrected chi connectivity index (χ4v) is 4.18. The number of urea groups is 1. The van der Waals surface area contributed by atoms with Crippen LogP contribution >= 0.6 is 0 Å². The van der Waals surface area contributed by atoms with Gasteiger partial charge in [0.05, 0.1) is 0 Å². The molecule has 3 rings (SSSR count). The van der Waals surface area contributed by atoms with E-state index in [4.69, 9.17) is 0 Å². The third-order valence-corrected chi connectivity index (χ3v) is 5.57. The van der Waals surface area contributed by atoms with Crippen LogP contribution in [-0.2, 0) is 6.54 Å². The molecule has 5 nitrogen and oxygen atoms in total. The molecule has 1 heterocycles. The van der Waals surface area contributed by atoms with E-state index in [1.54, 1.807) is 13.1 Å². The molecule has 1 unspecified atom stereocenters. The van der Waals surface area contributed by atoms with Crippen molar-refractivity contribution in [1.29, 1.82) is 0 Å². The van der Waals surface area contributed by atoms with E-state index in [9.17, 15) is 9.59 Å². The molecule has 1 atom stereocenters. The lowest BCUT2D eigenvalue weighted by Gasteiger charge is -2.19. The topological polar surface area (TPSA) is 61.4 Å². The highest BCUT2D eigenvalue weighted by Crippen LogP contribution is 2.33. The number of amides is 3. The van der Waals surface area contributed by atoms with Gasteiger partial charge in [-0.3, -0.25) is 4.79 Å². The predicted molar refractivity (Wildman–Crippen MR) is 98.3 cm³/mol. The van der Waals surface area contributed by atoms with E-state index < -0.39 is 0 Å². The average molecular weight is 343 g/mol. The van der Waals surface area contributed by atoms with Crippen LogP contribution in [0.1, 0.15) is 54.4 Å². The highest BCUT2D eigenvalue weighted by Gasteiger charge is 2.29. The zero-order valence-electron chi connectivity index (χ0n) is 15.1. The van der Waals surface area contributed by atoms with Crippen LogP contribution in [0.4, 0.5) is 4.79 Å². The standard InChI is InChI=1S/C20H29N3O2/c1-21-19(24)18-8-4-7-16(12-18)13-22-20(25)23-10-9-17(14-23)11-15-5-2-3-6-15/h4,7-8,12,15,17H,2-3,5-6,9-11,13-14H2,1H3,(H,21,24)(H,22,25). The minimum Gasteiger partial charge on any atom is -0.355 e. The minimum atomic E-state index is -0.109. The minimum absolute atomic E-state index is 0.0132. The Bertz CT molecular complexity index is 611. The maximum absolute atomic E-state index is 12.4. The predicted octanol–water partition coefficient (Wildman–Crippen LogP) is 3.16. The van der Waals surface area contributed by atoms with Crippen LogP contribution in [0.25, 0.3) is 0 Å². The zero-order valence-corrected chi connectivity index (χ0v) is 15.1. The number of nitrogens with zero attached hydrogens (tertiary/aromatic N) is 1. The Morgan fingerprint density at radius 2 is 1.96 bits per heavy atom. The highest BCUT2D eigenvalue weighted by atomic mass is 16.2. The Morgan fingerprint density at radius 3 is 2.72 bits per heavy atom. The molecule has 136 valence electrons. The van der Waals surface area contributed by atoms with Crippen LogP contribution in [0.15, 0.2) is 24.3 Å². The van der Waals surface area contributed by atoms with Crippen molar-refractivity contribution in [1.82, 2.24) is 15.5 Å². The molecule has 1 aromatic carbocycles. The Kier molecular flexibility index (Phi) is 5.95. The molecule has 1 aliphatic heterocycles. The molecular formula is C20H29N3O2. The fraction of sp³-hybridized carbons (Fsp3) is 0.600. The van der Waals surface area contributed by atoms with Gasteiger partial charge in [-0.1, -0.05) is 37.8 Å². The zero-order chi connectivity index (χ0) is 17.6. The summed E-state index contributed by atoms with van der Waals surface area (Å²) in [5.41, 5.74) is 1.56. The summed E-state index contributed by atoms with van der Waals surface area (Å²) >= 11 is 0. The van der Waals surface area contributed by atoms with Crippen LogP contribution in [-0.4, -0.2) is 37.0 Å². The summed E-state index contributed by atoms with van der Waals surface area (Å²) in [6.07, 6.45) is 7.95. The molecule has 5 heteroatoms. The average Bonchev–Trinajstić information content (AvgIpc) is 3.32. The number of carbonyl (C=O) groups excluding carboxylic acids is 2. The summed E-state index contributed by atoms with van der Waals surface area (Å²) in [5.74, 6) is 1.45. The van der Waals surface area contributed by atoms with Crippen molar-refractivity contribution in [3.05, 3.63) is 35.4 Å². The second-order valence-electron chi connectivity index (χ2n) is 7.43. The Hall–Kier alpha value is -2.04. The number of rotatable bonds is 5. The SMILES string of the molecule is CNC(=O)c1cccc(CNC(=O)N2CCC(CC3CCCC3)C2)c1. The van der Waals surface area contributed by atoms with E-state index in [0.717, 1.165) is 31.0 Å². The van der Waals surface area contributed by atoms with Gasteiger partial charge in [0.2, 0.25) is 0 Å².